The molecule has 3 atom stereocenters. The van der Waals surface area contributed by atoms with E-state index in [2.05, 4.69) is 6.92 Å². The van der Waals surface area contributed by atoms with E-state index in [1.807, 2.05) is 35.2 Å². The summed E-state index contributed by atoms with van der Waals surface area (Å²) >= 11 is 0. The van der Waals surface area contributed by atoms with Crippen molar-refractivity contribution in [1.82, 2.24) is 9.21 Å². The minimum absolute atomic E-state index is 0.0963. The van der Waals surface area contributed by atoms with Crippen LogP contribution in [-0.4, -0.2) is 61.9 Å². The molecule has 0 radical (unpaired) electrons. The number of fused-ring (bicyclic) bond motifs is 2. The summed E-state index contributed by atoms with van der Waals surface area (Å²) in [4.78, 5) is 15.0. The molecular weight excluding hydrogens is 388 g/mol. The molecule has 1 amide bonds. The third-order valence-electron chi connectivity index (χ3n) is 5.63. The highest BCUT2D eigenvalue weighted by atomic mass is 32.2. The van der Waals surface area contributed by atoms with Gasteiger partial charge in [0.25, 0.3) is 0 Å². The number of carbonyl (C=O) groups is 1. The first-order valence-electron chi connectivity index (χ1n) is 9.97. The predicted molar refractivity (Wildman–Crippen MR) is 110 cm³/mol. The Morgan fingerprint density at radius 1 is 0.966 bits per heavy atom. The second-order valence-corrected chi connectivity index (χ2v) is 9.77. The normalized spacial score (nSPS) is 23.6. The van der Waals surface area contributed by atoms with Crippen molar-refractivity contribution in [3.63, 3.8) is 0 Å². The van der Waals surface area contributed by atoms with E-state index >= 15 is 0 Å². The Kier molecular flexibility index (Phi) is 5.72. The Morgan fingerprint density at radius 3 is 2.10 bits per heavy atom. The number of rotatable bonds is 5. The lowest BCUT2D eigenvalue weighted by Crippen LogP contribution is -2.61. The van der Waals surface area contributed by atoms with Crippen molar-refractivity contribution in [3.05, 3.63) is 66.2 Å². The average molecular weight is 415 g/mol. The van der Waals surface area contributed by atoms with Gasteiger partial charge in [0, 0.05) is 32.6 Å². The summed E-state index contributed by atoms with van der Waals surface area (Å²) < 4.78 is 33.3. The van der Waals surface area contributed by atoms with E-state index in [4.69, 9.17) is 4.74 Å². The van der Waals surface area contributed by atoms with Gasteiger partial charge < -0.3 is 9.64 Å². The molecule has 154 valence electrons. The van der Waals surface area contributed by atoms with Gasteiger partial charge in [-0.1, -0.05) is 55.5 Å². The van der Waals surface area contributed by atoms with Gasteiger partial charge in [-0.3, -0.25) is 4.79 Å². The molecular formula is C22H26N2O4S. The lowest BCUT2D eigenvalue weighted by atomic mass is 9.97. The van der Waals surface area contributed by atoms with Crippen LogP contribution in [0.15, 0.2) is 65.6 Å². The molecule has 2 fully saturated rings. The number of morpholine rings is 2. The molecule has 7 heteroatoms. The maximum absolute atomic E-state index is 12.9. The molecule has 2 bridgehead atoms. The van der Waals surface area contributed by atoms with Gasteiger partial charge in [0.1, 0.15) is 0 Å². The number of benzene rings is 2. The van der Waals surface area contributed by atoms with Crippen LogP contribution in [0.25, 0.3) is 0 Å². The third-order valence-corrected chi connectivity index (χ3v) is 7.48. The maximum Gasteiger partial charge on any atom is 0.243 e. The fourth-order valence-corrected chi connectivity index (χ4v) is 5.61. The van der Waals surface area contributed by atoms with E-state index in [1.54, 1.807) is 30.3 Å². The number of hydrogen-bond donors (Lipinski definition) is 0. The molecule has 4 rings (SSSR count). The molecule has 2 aliphatic rings. The lowest BCUT2D eigenvalue weighted by Gasteiger charge is -2.45. The highest BCUT2D eigenvalue weighted by molar-refractivity contribution is 7.89. The second-order valence-electron chi connectivity index (χ2n) is 7.83. The van der Waals surface area contributed by atoms with E-state index in [1.165, 1.54) is 4.31 Å². The van der Waals surface area contributed by atoms with Gasteiger partial charge in [0.05, 0.1) is 17.1 Å². The number of hydrogen-bond acceptors (Lipinski definition) is 4. The van der Waals surface area contributed by atoms with Crippen molar-refractivity contribution in [3.8, 4) is 0 Å². The first-order chi connectivity index (χ1) is 13.9. The molecule has 0 aromatic heterocycles. The average Bonchev–Trinajstić information content (AvgIpc) is 2.74. The second kappa shape index (κ2) is 8.26. The van der Waals surface area contributed by atoms with E-state index in [-0.39, 0.29) is 37.1 Å². The van der Waals surface area contributed by atoms with Crippen LogP contribution >= 0.6 is 0 Å². The molecule has 2 aromatic rings. The van der Waals surface area contributed by atoms with Crippen LogP contribution in [0.3, 0.4) is 0 Å². The molecule has 0 saturated carbocycles. The lowest BCUT2D eigenvalue weighted by molar-refractivity contribution is -0.154. The summed E-state index contributed by atoms with van der Waals surface area (Å²) in [5.41, 5.74) is 1.15. The summed E-state index contributed by atoms with van der Waals surface area (Å²) in [5.74, 6) is 0.236. The largest absolute Gasteiger partial charge is 0.369 e. The maximum atomic E-state index is 12.9. The Hall–Kier alpha value is -2.22. The SMILES string of the molecule is CC(CC(=O)N1CC2CN(S(=O)(=O)c3ccccc3)CC(C1)O2)c1ccccc1. The summed E-state index contributed by atoms with van der Waals surface area (Å²) in [7, 11) is -3.55. The first kappa shape index (κ1) is 20.1. The summed E-state index contributed by atoms with van der Waals surface area (Å²) in [6.07, 6.45) is -0.149. The number of sulfonamides is 1. The van der Waals surface area contributed by atoms with Crippen LogP contribution in [0.5, 0.6) is 0 Å². The van der Waals surface area contributed by atoms with Crippen LogP contribution < -0.4 is 0 Å². The van der Waals surface area contributed by atoms with Crippen molar-refractivity contribution < 1.29 is 17.9 Å². The molecule has 29 heavy (non-hydrogen) atoms. The molecule has 2 heterocycles. The zero-order chi connectivity index (χ0) is 20.4. The monoisotopic (exact) mass is 414 g/mol. The van der Waals surface area contributed by atoms with Gasteiger partial charge in [0.2, 0.25) is 15.9 Å². The summed E-state index contributed by atoms with van der Waals surface area (Å²) in [6.45, 7) is 3.45. The van der Waals surface area contributed by atoms with Crippen molar-refractivity contribution in [2.75, 3.05) is 26.2 Å². The van der Waals surface area contributed by atoms with Crippen molar-refractivity contribution >= 4 is 15.9 Å². The van der Waals surface area contributed by atoms with Crippen molar-refractivity contribution in [2.45, 2.75) is 36.4 Å². The Morgan fingerprint density at radius 2 is 1.52 bits per heavy atom. The molecule has 0 N–H and O–H groups in total. The van der Waals surface area contributed by atoms with Gasteiger partial charge in [-0.2, -0.15) is 4.31 Å². The number of nitrogens with zero attached hydrogens (tertiary/aromatic N) is 2. The predicted octanol–water partition coefficient (Wildman–Crippen LogP) is 2.48. The van der Waals surface area contributed by atoms with Gasteiger partial charge in [-0.05, 0) is 23.6 Å². The smallest absolute Gasteiger partial charge is 0.243 e. The van der Waals surface area contributed by atoms with Crippen LogP contribution in [0, 0.1) is 0 Å². The molecule has 6 nitrogen and oxygen atoms in total. The topological polar surface area (TPSA) is 66.9 Å². The van der Waals surface area contributed by atoms with E-state index in [0.29, 0.717) is 24.4 Å². The molecule has 0 aliphatic carbocycles. The van der Waals surface area contributed by atoms with Crippen LogP contribution in [0.2, 0.25) is 0 Å². The third kappa shape index (κ3) is 4.37. The fraction of sp³-hybridized carbons (Fsp3) is 0.409. The minimum Gasteiger partial charge on any atom is -0.369 e. The van der Waals surface area contributed by atoms with Gasteiger partial charge in [-0.25, -0.2) is 8.42 Å². The van der Waals surface area contributed by atoms with Crippen LogP contribution in [-0.2, 0) is 19.6 Å². The quantitative estimate of drug-likeness (QED) is 0.754. The molecule has 0 spiro atoms. The Labute approximate surface area is 172 Å². The highest BCUT2D eigenvalue weighted by Gasteiger charge is 2.41. The fourth-order valence-electron chi connectivity index (χ4n) is 4.09. The summed E-state index contributed by atoms with van der Waals surface area (Å²) in [5, 5.41) is 0. The van der Waals surface area contributed by atoms with Crippen LogP contribution in [0.4, 0.5) is 0 Å². The number of ether oxygens (including phenoxy) is 1. The van der Waals surface area contributed by atoms with Crippen LogP contribution in [0.1, 0.15) is 24.8 Å². The molecule has 2 saturated heterocycles. The molecule has 3 unspecified atom stereocenters. The summed E-state index contributed by atoms with van der Waals surface area (Å²) in [6, 6.07) is 18.5. The zero-order valence-electron chi connectivity index (χ0n) is 16.5. The van der Waals surface area contributed by atoms with E-state index in [0.717, 1.165) is 5.56 Å². The van der Waals surface area contributed by atoms with Gasteiger partial charge in [-0.15, -0.1) is 0 Å². The van der Waals surface area contributed by atoms with Crippen molar-refractivity contribution in [2.24, 2.45) is 0 Å². The number of carbonyl (C=O) groups excluding carboxylic acids is 1. The Bertz CT molecular complexity index is 935. The number of amides is 1. The molecule has 2 aliphatic heterocycles. The van der Waals surface area contributed by atoms with Crippen molar-refractivity contribution in [1.29, 1.82) is 0 Å². The first-order valence-corrected chi connectivity index (χ1v) is 11.4. The van der Waals surface area contributed by atoms with E-state index < -0.39 is 10.0 Å². The molecule has 2 aromatic carbocycles. The highest BCUT2D eigenvalue weighted by Crippen LogP contribution is 2.26. The minimum atomic E-state index is -3.55. The van der Waals surface area contributed by atoms with E-state index in [9.17, 15) is 13.2 Å². The Balaban J connectivity index is 1.40. The standard InChI is InChI=1S/C22H26N2O4S/c1-17(18-8-4-2-5-9-18)12-22(25)23-13-19-15-24(16-20(14-23)28-19)29(26,27)21-10-6-3-7-11-21/h2-11,17,19-20H,12-16H2,1H3. The zero-order valence-corrected chi connectivity index (χ0v) is 17.3. The van der Waals surface area contributed by atoms with Gasteiger partial charge in [0.15, 0.2) is 0 Å². The van der Waals surface area contributed by atoms with Gasteiger partial charge >= 0.3 is 0 Å².